The van der Waals surface area contributed by atoms with Crippen LogP contribution >= 0.6 is 11.8 Å². The first kappa shape index (κ1) is 15.7. The molecule has 8 heteroatoms. The maximum absolute atomic E-state index is 12.1. The van der Waals surface area contributed by atoms with Crippen molar-refractivity contribution in [3.63, 3.8) is 0 Å². The van der Waals surface area contributed by atoms with E-state index in [1.54, 1.807) is 11.8 Å². The Hall–Kier alpha value is -0.310. The molecule has 0 bridgehead atoms. The Labute approximate surface area is 112 Å². The Morgan fingerprint density at radius 3 is 2.78 bits per heavy atom. The van der Waals surface area contributed by atoms with Crippen LogP contribution in [-0.2, 0) is 15.0 Å². The number of nitrogens with zero attached hydrogens (tertiary/aromatic N) is 1. The van der Waals surface area contributed by atoms with Crippen molar-refractivity contribution in [1.82, 2.24) is 9.03 Å². The van der Waals surface area contributed by atoms with Crippen LogP contribution in [0, 0.1) is 5.92 Å². The summed E-state index contributed by atoms with van der Waals surface area (Å²) in [5.41, 5.74) is 0. The van der Waals surface area contributed by atoms with Gasteiger partial charge in [-0.15, -0.1) is 0 Å². The number of hydrogen-bond acceptors (Lipinski definition) is 4. The van der Waals surface area contributed by atoms with Crippen molar-refractivity contribution in [2.24, 2.45) is 5.92 Å². The Balaban J connectivity index is 2.72. The second-order valence-electron chi connectivity index (χ2n) is 4.68. The van der Waals surface area contributed by atoms with Crippen LogP contribution < -0.4 is 4.72 Å². The van der Waals surface area contributed by atoms with Gasteiger partial charge in [0.05, 0.1) is 6.42 Å². The summed E-state index contributed by atoms with van der Waals surface area (Å²) in [5.74, 6) is 0.497. The Kier molecular flexibility index (Phi) is 5.90. The molecule has 1 rings (SSSR count). The maximum Gasteiger partial charge on any atom is 0.305 e. The van der Waals surface area contributed by atoms with Crippen molar-refractivity contribution in [2.45, 2.75) is 26.3 Å². The summed E-state index contributed by atoms with van der Waals surface area (Å²) >= 11 is 1.59. The normalized spacial score (nSPS) is 22.3. The topological polar surface area (TPSA) is 86.7 Å². The molecule has 0 aliphatic carbocycles. The lowest BCUT2D eigenvalue weighted by atomic mass is 10.2. The number of hydrogen-bond donors (Lipinski definition) is 2. The summed E-state index contributed by atoms with van der Waals surface area (Å²) in [4.78, 5) is 10.8. The highest BCUT2D eigenvalue weighted by Crippen LogP contribution is 2.21. The van der Waals surface area contributed by atoms with E-state index in [1.165, 1.54) is 4.31 Å². The Bertz CT molecular complexity index is 383. The van der Waals surface area contributed by atoms with Crippen molar-refractivity contribution >= 4 is 27.9 Å². The molecule has 6 nitrogen and oxygen atoms in total. The standard InChI is InChI=1S/C10H20N2O4S2/c1-8(2)6-11-18(15,16)12-3-4-17-7-9(12)5-10(13)14/h8-9,11H,3-7H2,1-2H3,(H,13,14). The van der Waals surface area contributed by atoms with E-state index in [1.807, 2.05) is 13.8 Å². The largest absolute Gasteiger partial charge is 0.481 e. The molecule has 0 aromatic carbocycles. The fourth-order valence-electron chi connectivity index (χ4n) is 1.67. The first-order chi connectivity index (χ1) is 8.33. The molecule has 0 saturated carbocycles. The maximum atomic E-state index is 12.1. The lowest BCUT2D eigenvalue weighted by Crippen LogP contribution is -2.52. The number of aliphatic carboxylic acids is 1. The summed E-state index contributed by atoms with van der Waals surface area (Å²) < 4.78 is 28.0. The van der Waals surface area contributed by atoms with Gasteiger partial charge in [-0.2, -0.15) is 24.5 Å². The van der Waals surface area contributed by atoms with Gasteiger partial charge in [-0.1, -0.05) is 13.8 Å². The van der Waals surface area contributed by atoms with Crippen molar-refractivity contribution < 1.29 is 18.3 Å². The highest BCUT2D eigenvalue weighted by atomic mass is 32.2. The summed E-state index contributed by atoms with van der Waals surface area (Å²) in [6.45, 7) is 4.58. The average Bonchev–Trinajstić information content (AvgIpc) is 2.26. The lowest BCUT2D eigenvalue weighted by molar-refractivity contribution is -0.137. The smallest absolute Gasteiger partial charge is 0.305 e. The second kappa shape index (κ2) is 6.74. The third-order valence-electron chi connectivity index (χ3n) is 2.57. The van der Waals surface area contributed by atoms with Crippen molar-refractivity contribution in [2.75, 3.05) is 24.6 Å². The molecule has 1 aliphatic rings. The van der Waals surface area contributed by atoms with Crippen LogP contribution in [0.2, 0.25) is 0 Å². The highest BCUT2D eigenvalue weighted by molar-refractivity contribution is 7.99. The van der Waals surface area contributed by atoms with Crippen molar-refractivity contribution in [1.29, 1.82) is 0 Å². The number of carboxylic acid groups (broad SMARTS) is 1. The van der Waals surface area contributed by atoms with Crippen LogP contribution in [0.15, 0.2) is 0 Å². The SMILES string of the molecule is CC(C)CNS(=O)(=O)N1CCSCC1CC(=O)O. The van der Waals surface area contributed by atoms with Crippen LogP contribution in [0.5, 0.6) is 0 Å². The molecule has 1 fully saturated rings. The zero-order chi connectivity index (χ0) is 13.8. The van der Waals surface area contributed by atoms with Gasteiger partial charge >= 0.3 is 5.97 Å². The monoisotopic (exact) mass is 296 g/mol. The number of carboxylic acids is 1. The molecular weight excluding hydrogens is 276 g/mol. The van der Waals surface area contributed by atoms with Gasteiger partial charge in [0.1, 0.15) is 0 Å². The predicted octanol–water partition coefficient (Wildman–Crippen LogP) is 0.369. The molecule has 2 N–H and O–H groups in total. The van der Waals surface area contributed by atoms with E-state index in [9.17, 15) is 13.2 Å². The molecule has 106 valence electrons. The number of rotatable bonds is 6. The molecule has 0 radical (unpaired) electrons. The van der Waals surface area contributed by atoms with Gasteiger partial charge in [-0.25, -0.2) is 4.72 Å². The van der Waals surface area contributed by atoms with Crippen LogP contribution in [0.25, 0.3) is 0 Å². The minimum Gasteiger partial charge on any atom is -0.481 e. The minimum absolute atomic E-state index is 0.143. The Morgan fingerprint density at radius 1 is 1.56 bits per heavy atom. The third-order valence-corrected chi connectivity index (χ3v) is 5.29. The van der Waals surface area contributed by atoms with Gasteiger partial charge in [-0.3, -0.25) is 4.79 Å². The third kappa shape index (κ3) is 4.75. The minimum atomic E-state index is -3.57. The van der Waals surface area contributed by atoms with Gasteiger partial charge in [0.15, 0.2) is 0 Å². The molecule has 0 aromatic heterocycles. The zero-order valence-electron chi connectivity index (χ0n) is 10.6. The molecule has 1 atom stereocenters. The van der Waals surface area contributed by atoms with E-state index in [2.05, 4.69) is 4.72 Å². The van der Waals surface area contributed by atoms with Gasteiger partial charge in [0, 0.05) is 30.6 Å². The molecule has 0 amide bonds. The molecule has 18 heavy (non-hydrogen) atoms. The van der Waals surface area contributed by atoms with E-state index in [0.29, 0.717) is 24.6 Å². The van der Waals surface area contributed by atoms with E-state index >= 15 is 0 Å². The van der Waals surface area contributed by atoms with E-state index in [0.717, 1.165) is 0 Å². The quantitative estimate of drug-likeness (QED) is 0.739. The second-order valence-corrected chi connectivity index (χ2v) is 7.54. The molecular formula is C10H20N2O4S2. The highest BCUT2D eigenvalue weighted by Gasteiger charge is 2.33. The number of thioether (sulfide) groups is 1. The van der Waals surface area contributed by atoms with Gasteiger partial charge < -0.3 is 5.11 Å². The summed E-state index contributed by atoms with van der Waals surface area (Å²) in [6, 6.07) is -0.453. The van der Waals surface area contributed by atoms with Crippen LogP contribution in [0.1, 0.15) is 20.3 Å². The first-order valence-electron chi connectivity index (χ1n) is 5.89. The summed E-state index contributed by atoms with van der Waals surface area (Å²) in [6.07, 6.45) is -0.143. The first-order valence-corrected chi connectivity index (χ1v) is 8.48. The predicted molar refractivity (Wildman–Crippen MR) is 71.8 cm³/mol. The van der Waals surface area contributed by atoms with Crippen LogP contribution in [-0.4, -0.2) is 54.4 Å². The molecule has 0 spiro atoms. The lowest BCUT2D eigenvalue weighted by Gasteiger charge is -2.33. The van der Waals surface area contributed by atoms with Gasteiger partial charge in [-0.05, 0) is 5.92 Å². The van der Waals surface area contributed by atoms with E-state index in [4.69, 9.17) is 5.11 Å². The van der Waals surface area contributed by atoms with Crippen molar-refractivity contribution in [3.8, 4) is 0 Å². The van der Waals surface area contributed by atoms with E-state index in [-0.39, 0.29) is 12.3 Å². The number of nitrogens with one attached hydrogen (secondary N) is 1. The molecule has 1 saturated heterocycles. The summed E-state index contributed by atoms with van der Waals surface area (Å²) in [5, 5.41) is 8.82. The fraction of sp³-hybridized carbons (Fsp3) is 0.900. The molecule has 0 aromatic rings. The van der Waals surface area contributed by atoms with E-state index < -0.39 is 22.2 Å². The zero-order valence-corrected chi connectivity index (χ0v) is 12.3. The number of carbonyl (C=O) groups is 1. The Morgan fingerprint density at radius 2 is 2.22 bits per heavy atom. The molecule has 1 heterocycles. The molecule has 1 aliphatic heterocycles. The van der Waals surface area contributed by atoms with Gasteiger partial charge in [0.2, 0.25) is 0 Å². The van der Waals surface area contributed by atoms with Gasteiger partial charge in [0.25, 0.3) is 10.2 Å². The summed E-state index contributed by atoms with van der Waals surface area (Å²) in [7, 11) is -3.57. The average molecular weight is 296 g/mol. The molecule has 1 unspecified atom stereocenters. The van der Waals surface area contributed by atoms with Crippen molar-refractivity contribution in [3.05, 3.63) is 0 Å². The fourth-order valence-corrected chi connectivity index (χ4v) is 4.53. The van der Waals surface area contributed by atoms with Crippen LogP contribution in [0.3, 0.4) is 0 Å². The van der Waals surface area contributed by atoms with Crippen LogP contribution in [0.4, 0.5) is 0 Å².